The fraction of sp³-hybridized carbons (Fsp3) is 0.0833. The molecule has 6 heteroatoms. The Bertz CT molecular complexity index is 610. The van der Waals surface area contributed by atoms with Gasteiger partial charge in [0.05, 0.1) is 17.6 Å². The second-order valence-electron chi connectivity index (χ2n) is 3.84. The number of benzene rings is 1. The number of hydrogen-bond donors (Lipinski definition) is 2. The summed E-state index contributed by atoms with van der Waals surface area (Å²) in [6, 6.07) is 10.0. The van der Waals surface area contributed by atoms with Gasteiger partial charge in [-0.1, -0.05) is 12.1 Å². The first-order valence-corrected chi connectivity index (χ1v) is 6.95. The molecule has 1 heterocycles. The molecule has 3 N–H and O–H groups in total. The van der Waals surface area contributed by atoms with E-state index in [0.29, 0.717) is 16.9 Å². The van der Waals surface area contributed by atoms with Crippen LogP contribution in [0.3, 0.4) is 0 Å². The first-order chi connectivity index (χ1) is 8.55. The summed E-state index contributed by atoms with van der Waals surface area (Å²) in [4.78, 5) is 3.84. The fourth-order valence-corrected chi connectivity index (χ4v) is 2.66. The van der Waals surface area contributed by atoms with Gasteiger partial charge in [0.15, 0.2) is 0 Å². The minimum Gasteiger partial charge on any atom is -0.399 e. The normalized spacial score (nSPS) is 11.1. The molecule has 0 unspecified atom stereocenters. The lowest BCUT2D eigenvalue weighted by Crippen LogP contribution is -2.15. The van der Waals surface area contributed by atoms with Crippen molar-refractivity contribution in [3.05, 3.63) is 54.4 Å². The van der Waals surface area contributed by atoms with Crippen LogP contribution in [0.4, 0.5) is 11.4 Å². The summed E-state index contributed by atoms with van der Waals surface area (Å²) >= 11 is 0. The first kappa shape index (κ1) is 12.4. The highest BCUT2D eigenvalue weighted by molar-refractivity contribution is 7.91. The number of nitrogens with two attached hydrogens (primary N) is 1. The zero-order valence-electron chi connectivity index (χ0n) is 9.58. The highest BCUT2D eigenvalue weighted by atomic mass is 32.2. The van der Waals surface area contributed by atoms with Gasteiger partial charge in [0.1, 0.15) is 0 Å². The molecule has 0 spiro atoms. The van der Waals surface area contributed by atoms with Crippen molar-refractivity contribution < 1.29 is 8.42 Å². The third-order valence-electron chi connectivity index (χ3n) is 2.27. The fourth-order valence-electron chi connectivity index (χ4n) is 1.47. The topological polar surface area (TPSA) is 85.1 Å². The number of anilines is 2. The van der Waals surface area contributed by atoms with Gasteiger partial charge < -0.3 is 5.73 Å². The predicted molar refractivity (Wildman–Crippen MR) is 71.3 cm³/mol. The number of rotatable bonds is 4. The van der Waals surface area contributed by atoms with Crippen LogP contribution in [0.15, 0.2) is 48.8 Å². The van der Waals surface area contributed by atoms with Crippen LogP contribution in [0.25, 0.3) is 0 Å². The molecule has 0 atom stereocenters. The maximum absolute atomic E-state index is 11.9. The molecule has 0 fully saturated rings. The van der Waals surface area contributed by atoms with E-state index in [-0.39, 0.29) is 5.75 Å². The summed E-state index contributed by atoms with van der Waals surface area (Å²) in [6.45, 7) is 0. The summed E-state index contributed by atoms with van der Waals surface area (Å²) in [6.07, 6.45) is 3.04. The van der Waals surface area contributed by atoms with Gasteiger partial charge in [0.25, 0.3) is 0 Å². The highest BCUT2D eigenvalue weighted by Crippen LogP contribution is 2.12. The second kappa shape index (κ2) is 5.05. The van der Waals surface area contributed by atoms with Gasteiger partial charge in [0.2, 0.25) is 10.0 Å². The van der Waals surface area contributed by atoms with Crippen LogP contribution in [-0.4, -0.2) is 13.4 Å². The molecule has 18 heavy (non-hydrogen) atoms. The number of nitrogens with zero attached hydrogens (tertiary/aromatic N) is 1. The van der Waals surface area contributed by atoms with E-state index in [2.05, 4.69) is 9.71 Å². The Morgan fingerprint density at radius 3 is 2.50 bits per heavy atom. The van der Waals surface area contributed by atoms with Crippen LogP contribution in [-0.2, 0) is 15.8 Å². The van der Waals surface area contributed by atoms with Crippen LogP contribution < -0.4 is 10.5 Å². The van der Waals surface area contributed by atoms with Crippen molar-refractivity contribution in [1.29, 1.82) is 0 Å². The van der Waals surface area contributed by atoms with Crippen LogP contribution in [0.2, 0.25) is 0 Å². The molecule has 0 saturated heterocycles. The third-order valence-corrected chi connectivity index (χ3v) is 3.53. The van der Waals surface area contributed by atoms with E-state index in [4.69, 9.17) is 5.73 Å². The van der Waals surface area contributed by atoms with Crippen LogP contribution >= 0.6 is 0 Å². The summed E-state index contributed by atoms with van der Waals surface area (Å²) in [5, 5.41) is 0. The summed E-state index contributed by atoms with van der Waals surface area (Å²) in [5.74, 6) is -0.0951. The molecule has 0 aliphatic carbocycles. The largest absolute Gasteiger partial charge is 0.399 e. The van der Waals surface area contributed by atoms with Crippen molar-refractivity contribution in [3.8, 4) is 0 Å². The summed E-state index contributed by atoms with van der Waals surface area (Å²) < 4.78 is 26.2. The van der Waals surface area contributed by atoms with Gasteiger partial charge in [-0.05, 0) is 29.8 Å². The molecule has 1 aromatic carbocycles. The number of hydrogen-bond acceptors (Lipinski definition) is 4. The number of nitrogens with one attached hydrogen (secondary N) is 1. The Labute approximate surface area is 106 Å². The van der Waals surface area contributed by atoms with E-state index in [1.807, 2.05) is 0 Å². The quantitative estimate of drug-likeness (QED) is 0.821. The molecular weight excluding hydrogens is 250 g/mol. The number of aromatic nitrogens is 1. The van der Waals surface area contributed by atoms with Gasteiger partial charge in [-0.25, -0.2) is 8.42 Å². The standard InChI is InChI=1S/C12H13N3O2S/c13-11-5-3-10(4-6-11)9-18(16,17)15-12-2-1-7-14-8-12/h1-8,15H,9,13H2. The summed E-state index contributed by atoms with van der Waals surface area (Å²) in [5.41, 5.74) is 7.28. The van der Waals surface area contributed by atoms with Gasteiger partial charge >= 0.3 is 0 Å². The molecule has 0 saturated carbocycles. The molecule has 5 nitrogen and oxygen atoms in total. The van der Waals surface area contributed by atoms with Crippen LogP contribution in [0, 0.1) is 0 Å². The van der Waals surface area contributed by atoms with Crippen molar-refractivity contribution >= 4 is 21.4 Å². The van der Waals surface area contributed by atoms with Gasteiger partial charge in [-0.3, -0.25) is 9.71 Å². The van der Waals surface area contributed by atoms with Crippen LogP contribution in [0.5, 0.6) is 0 Å². The maximum Gasteiger partial charge on any atom is 0.236 e. The third kappa shape index (κ3) is 3.46. The SMILES string of the molecule is Nc1ccc(CS(=O)(=O)Nc2cccnc2)cc1. The zero-order chi connectivity index (χ0) is 13.0. The minimum atomic E-state index is -3.43. The molecule has 0 amide bonds. The van der Waals surface area contributed by atoms with Gasteiger partial charge in [0, 0.05) is 11.9 Å². The first-order valence-electron chi connectivity index (χ1n) is 5.30. The lowest BCUT2D eigenvalue weighted by Gasteiger charge is -2.07. The van der Waals surface area contributed by atoms with Gasteiger partial charge in [-0.2, -0.15) is 0 Å². The molecular formula is C12H13N3O2S. The predicted octanol–water partition coefficient (Wildman–Crippen LogP) is 1.61. The van der Waals surface area contributed by atoms with Crippen molar-refractivity contribution in [2.24, 2.45) is 0 Å². The number of sulfonamides is 1. The molecule has 0 aliphatic heterocycles. The highest BCUT2D eigenvalue weighted by Gasteiger charge is 2.11. The maximum atomic E-state index is 11.9. The zero-order valence-corrected chi connectivity index (χ0v) is 10.4. The van der Waals surface area contributed by atoms with Crippen molar-refractivity contribution in [1.82, 2.24) is 4.98 Å². The lowest BCUT2D eigenvalue weighted by atomic mass is 10.2. The van der Waals surface area contributed by atoms with E-state index >= 15 is 0 Å². The van der Waals surface area contributed by atoms with E-state index in [1.54, 1.807) is 42.6 Å². The summed E-state index contributed by atoms with van der Waals surface area (Å²) in [7, 11) is -3.43. The molecule has 2 rings (SSSR count). The Hall–Kier alpha value is -2.08. The van der Waals surface area contributed by atoms with E-state index in [1.165, 1.54) is 6.20 Å². The Morgan fingerprint density at radius 1 is 1.17 bits per heavy atom. The molecule has 0 radical (unpaired) electrons. The van der Waals surface area contributed by atoms with Crippen LogP contribution in [0.1, 0.15) is 5.56 Å². The smallest absolute Gasteiger partial charge is 0.236 e. The van der Waals surface area contributed by atoms with E-state index in [9.17, 15) is 8.42 Å². The molecule has 2 aromatic rings. The number of pyridine rings is 1. The minimum absolute atomic E-state index is 0.0951. The Balaban J connectivity index is 2.10. The molecule has 94 valence electrons. The molecule has 0 bridgehead atoms. The van der Waals surface area contributed by atoms with Gasteiger partial charge in [-0.15, -0.1) is 0 Å². The van der Waals surface area contributed by atoms with Crippen molar-refractivity contribution in [2.45, 2.75) is 5.75 Å². The monoisotopic (exact) mass is 263 g/mol. The van der Waals surface area contributed by atoms with Crippen molar-refractivity contribution in [3.63, 3.8) is 0 Å². The van der Waals surface area contributed by atoms with E-state index < -0.39 is 10.0 Å². The molecule has 0 aliphatic rings. The average Bonchev–Trinajstić information content (AvgIpc) is 2.32. The Morgan fingerprint density at radius 2 is 1.89 bits per heavy atom. The van der Waals surface area contributed by atoms with E-state index in [0.717, 1.165) is 0 Å². The van der Waals surface area contributed by atoms with Crippen molar-refractivity contribution in [2.75, 3.05) is 10.5 Å². The average molecular weight is 263 g/mol. The second-order valence-corrected chi connectivity index (χ2v) is 5.57. The Kier molecular flexibility index (Phi) is 3.47. The molecule has 1 aromatic heterocycles. The number of nitrogen functional groups attached to an aromatic ring is 1. The lowest BCUT2D eigenvalue weighted by molar-refractivity contribution is 0.600.